The molecule has 6 nitrogen and oxygen atoms in total. The number of carboxylic acids is 1. The SMILES string of the molecule is CCOC(=O)C1=C(C)N(c2ccc(C)cc2)C(=O)C1=Cc1ccc(C(=O)O)cc1. The number of ether oxygens (including phenoxy) is 1. The van der Waals surface area contributed by atoms with Crippen molar-refractivity contribution in [3.05, 3.63) is 82.1 Å². The second-order valence-electron chi connectivity index (χ2n) is 6.64. The number of benzene rings is 2. The number of amides is 1. The molecule has 6 heteroatoms. The molecule has 148 valence electrons. The van der Waals surface area contributed by atoms with Gasteiger partial charge in [-0.05, 0) is 56.7 Å². The Labute approximate surface area is 168 Å². The fourth-order valence-electron chi connectivity index (χ4n) is 3.17. The number of nitrogens with zero attached hydrogens (tertiary/aromatic N) is 1. The smallest absolute Gasteiger partial charge is 0.340 e. The third-order valence-corrected chi connectivity index (χ3v) is 4.64. The molecule has 2 aromatic rings. The first-order chi connectivity index (χ1) is 13.8. The average Bonchev–Trinajstić information content (AvgIpc) is 2.93. The van der Waals surface area contributed by atoms with Gasteiger partial charge in [0.2, 0.25) is 0 Å². The number of rotatable bonds is 5. The predicted molar refractivity (Wildman–Crippen MR) is 109 cm³/mol. The van der Waals surface area contributed by atoms with Crippen LogP contribution in [0.2, 0.25) is 0 Å². The molecule has 0 spiro atoms. The lowest BCUT2D eigenvalue weighted by atomic mass is 10.0. The zero-order valence-electron chi connectivity index (χ0n) is 16.4. The van der Waals surface area contributed by atoms with Gasteiger partial charge in [0, 0.05) is 11.4 Å². The normalized spacial score (nSPS) is 15.2. The highest BCUT2D eigenvalue weighted by atomic mass is 16.5. The van der Waals surface area contributed by atoms with E-state index < -0.39 is 11.9 Å². The number of carbonyl (C=O) groups is 3. The first-order valence-electron chi connectivity index (χ1n) is 9.18. The van der Waals surface area contributed by atoms with E-state index in [0.717, 1.165) is 5.56 Å². The van der Waals surface area contributed by atoms with Crippen molar-refractivity contribution in [2.45, 2.75) is 20.8 Å². The molecule has 2 aromatic carbocycles. The molecule has 1 aliphatic rings. The maximum atomic E-state index is 13.2. The van der Waals surface area contributed by atoms with Crippen LogP contribution in [0.15, 0.2) is 65.4 Å². The van der Waals surface area contributed by atoms with E-state index in [1.165, 1.54) is 17.0 Å². The van der Waals surface area contributed by atoms with Gasteiger partial charge in [0.1, 0.15) is 0 Å². The molecule has 0 saturated heterocycles. The molecular formula is C23H21NO5. The number of anilines is 1. The van der Waals surface area contributed by atoms with Crippen molar-refractivity contribution < 1.29 is 24.2 Å². The van der Waals surface area contributed by atoms with Crippen molar-refractivity contribution in [2.24, 2.45) is 0 Å². The fraction of sp³-hybridized carbons (Fsp3) is 0.174. The van der Waals surface area contributed by atoms with Gasteiger partial charge in [0.15, 0.2) is 0 Å². The minimum absolute atomic E-state index is 0.142. The molecule has 0 bridgehead atoms. The number of esters is 1. The molecular weight excluding hydrogens is 370 g/mol. The van der Waals surface area contributed by atoms with Crippen LogP contribution in [-0.4, -0.2) is 29.6 Å². The van der Waals surface area contributed by atoms with E-state index in [2.05, 4.69) is 0 Å². The number of allylic oxidation sites excluding steroid dienone is 1. The largest absolute Gasteiger partial charge is 0.478 e. The quantitative estimate of drug-likeness (QED) is 0.616. The van der Waals surface area contributed by atoms with E-state index in [-0.39, 0.29) is 29.2 Å². The molecule has 0 aliphatic carbocycles. The van der Waals surface area contributed by atoms with E-state index in [1.54, 1.807) is 32.1 Å². The minimum Gasteiger partial charge on any atom is -0.478 e. The van der Waals surface area contributed by atoms with Crippen LogP contribution >= 0.6 is 0 Å². The summed E-state index contributed by atoms with van der Waals surface area (Å²) in [6.07, 6.45) is 1.58. The zero-order valence-corrected chi connectivity index (χ0v) is 16.4. The summed E-state index contributed by atoms with van der Waals surface area (Å²) in [5.74, 6) is -1.94. The third-order valence-electron chi connectivity index (χ3n) is 4.64. The standard InChI is InChI=1S/C23H21NO5/c1-4-29-23(28)20-15(3)24(18-11-5-14(2)6-12-18)21(25)19(20)13-16-7-9-17(10-8-16)22(26)27/h5-13H,4H2,1-3H3,(H,26,27). The second kappa shape index (κ2) is 8.14. The Bertz CT molecular complexity index is 1030. The first kappa shape index (κ1) is 20.1. The van der Waals surface area contributed by atoms with Gasteiger partial charge in [-0.15, -0.1) is 0 Å². The van der Waals surface area contributed by atoms with Crippen molar-refractivity contribution in [2.75, 3.05) is 11.5 Å². The van der Waals surface area contributed by atoms with Gasteiger partial charge in [-0.3, -0.25) is 9.69 Å². The lowest BCUT2D eigenvalue weighted by Gasteiger charge is -2.18. The lowest BCUT2D eigenvalue weighted by Crippen LogP contribution is -2.24. The van der Waals surface area contributed by atoms with Crippen molar-refractivity contribution in [1.29, 1.82) is 0 Å². The minimum atomic E-state index is -1.03. The van der Waals surface area contributed by atoms with Gasteiger partial charge in [0.25, 0.3) is 5.91 Å². The van der Waals surface area contributed by atoms with Crippen molar-refractivity contribution in [1.82, 2.24) is 0 Å². The maximum absolute atomic E-state index is 13.2. The van der Waals surface area contributed by atoms with Crippen molar-refractivity contribution in [3.8, 4) is 0 Å². The number of aryl methyl sites for hydroxylation is 1. The summed E-state index contributed by atoms with van der Waals surface area (Å²) >= 11 is 0. The van der Waals surface area contributed by atoms with Gasteiger partial charge in [-0.1, -0.05) is 29.8 Å². The molecule has 0 fully saturated rings. The number of carboxylic acid groups (broad SMARTS) is 1. The number of hydrogen-bond donors (Lipinski definition) is 1. The van der Waals surface area contributed by atoms with E-state index in [9.17, 15) is 14.4 Å². The van der Waals surface area contributed by atoms with E-state index in [1.807, 2.05) is 31.2 Å². The maximum Gasteiger partial charge on any atom is 0.340 e. The highest BCUT2D eigenvalue weighted by Crippen LogP contribution is 2.35. The van der Waals surface area contributed by atoms with E-state index >= 15 is 0 Å². The van der Waals surface area contributed by atoms with Gasteiger partial charge in [0.05, 0.1) is 23.3 Å². The molecule has 1 N–H and O–H groups in total. The van der Waals surface area contributed by atoms with Crippen LogP contribution in [0.25, 0.3) is 6.08 Å². The van der Waals surface area contributed by atoms with Gasteiger partial charge in [-0.25, -0.2) is 9.59 Å². The highest BCUT2D eigenvalue weighted by molar-refractivity contribution is 6.23. The molecule has 0 saturated carbocycles. The Morgan fingerprint density at radius 1 is 1.03 bits per heavy atom. The summed E-state index contributed by atoms with van der Waals surface area (Å²) in [4.78, 5) is 38.3. The Hall–Kier alpha value is -3.67. The molecule has 3 rings (SSSR count). The molecule has 0 aromatic heterocycles. The molecule has 1 amide bonds. The van der Waals surface area contributed by atoms with Crippen LogP contribution in [0.3, 0.4) is 0 Å². The van der Waals surface area contributed by atoms with Crippen molar-refractivity contribution in [3.63, 3.8) is 0 Å². The van der Waals surface area contributed by atoms with Crippen LogP contribution < -0.4 is 4.90 Å². The van der Waals surface area contributed by atoms with Crippen LogP contribution in [0.4, 0.5) is 5.69 Å². The Morgan fingerprint density at radius 2 is 1.66 bits per heavy atom. The first-order valence-corrected chi connectivity index (χ1v) is 9.18. The Morgan fingerprint density at radius 3 is 2.21 bits per heavy atom. The number of aromatic carboxylic acids is 1. The predicted octanol–water partition coefficient (Wildman–Crippen LogP) is 3.96. The van der Waals surface area contributed by atoms with Gasteiger partial charge in [-0.2, -0.15) is 0 Å². The van der Waals surface area contributed by atoms with Crippen LogP contribution in [0, 0.1) is 6.92 Å². The number of hydrogen-bond acceptors (Lipinski definition) is 4. The molecule has 29 heavy (non-hydrogen) atoms. The third kappa shape index (κ3) is 3.96. The Kier molecular flexibility index (Phi) is 5.64. The fourth-order valence-corrected chi connectivity index (χ4v) is 3.17. The van der Waals surface area contributed by atoms with Crippen LogP contribution in [0.5, 0.6) is 0 Å². The molecule has 1 aliphatic heterocycles. The number of carbonyl (C=O) groups excluding carboxylic acids is 2. The monoisotopic (exact) mass is 391 g/mol. The summed E-state index contributed by atoms with van der Waals surface area (Å²) in [7, 11) is 0. The molecule has 1 heterocycles. The molecule has 0 unspecified atom stereocenters. The molecule has 0 atom stereocenters. The summed E-state index contributed by atoms with van der Waals surface area (Å²) in [5, 5.41) is 9.05. The van der Waals surface area contributed by atoms with Gasteiger partial charge >= 0.3 is 11.9 Å². The zero-order chi connectivity index (χ0) is 21.1. The highest BCUT2D eigenvalue weighted by Gasteiger charge is 2.38. The van der Waals surface area contributed by atoms with Crippen molar-refractivity contribution >= 4 is 29.6 Å². The average molecular weight is 391 g/mol. The summed E-state index contributed by atoms with van der Waals surface area (Å²) < 4.78 is 5.17. The summed E-state index contributed by atoms with van der Waals surface area (Å²) in [6, 6.07) is 13.5. The second-order valence-corrected chi connectivity index (χ2v) is 6.64. The van der Waals surface area contributed by atoms with Crippen LogP contribution in [-0.2, 0) is 14.3 Å². The topological polar surface area (TPSA) is 83.9 Å². The van der Waals surface area contributed by atoms with E-state index in [0.29, 0.717) is 16.9 Å². The van der Waals surface area contributed by atoms with Gasteiger partial charge < -0.3 is 9.84 Å². The lowest BCUT2D eigenvalue weighted by molar-refractivity contribution is -0.138. The molecule has 0 radical (unpaired) electrons. The van der Waals surface area contributed by atoms with Crippen LogP contribution in [0.1, 0.15) is 35.3 Å². The van der Waals surface area contributed by atoms with E-state index in [4.69, 9.17) is 9.84 Å². The summed E-state index contributed by atoms with van der Waals surface area (Å²) in [6.45, 7) is 5.55. The Balaban J connectivity index is 2.08. The summed E-state index contributed by atoms with van der Waals surface area (Å²) in [5.41, 5.74) is 3.38.